The minimum Gasteiger partial charge on any atom is -0.358 e. The van der Waals surface area contributed by atoms with Gasteiger partial charge in [0.25, 0.3) is 10.0 Å². The molecule has 0 saturated heterocycles. The number of aromatic nitrogens is 1. The quantitative estimate of drug-likeness (QED) is 0.239. The maximum absolute atomic E-state index is 12.6. The van der Waals surface area contributed by atoms with Gasteiger partial charge < -0.3 is 10.6 Å². The molecular formula is C21H19N5O2S3. The van der Waals surface area contributed by atoms with Crippen LogP contribution in [0.5, 0.6) is 0 Å². The Morgan fingerprint density at radius 3 is 2.39 bits per heavy atom. The van der Waals surface area contributed by atoms with E-state index in [0.717, 1.165) is 15.8 Å². The first-order valence-corrected chi connectivity index (χ1v) is 12.0. The molecule has 0 radical (unpaired) electrons. The molecule has 10 heteroatoms. The molecule has 7 nitrogen and oxygen atoms in total. The smallest absolute Gasteiger partial charge is 0.257 e. The van der Waals surface area contributed by atoms with Gasteiger partial charge in [0.1, 0.15) is 0 Å². The predicted molar refractivity (Wildman–Crippen MR) is 130 cm³/mol. The van der Waals surface area contributed by atoms with E-state index in [0.29, 0.717) is 22.5 Å². The molecule has 0 atom stereocenters. The van der Waals surface area contributed by atoms with Crippen LogP contribution in [0.15, 0.2) is 83.8 Å². The Balaban J connectivity index is 1.33. The van der Waals surface area contributed by atoms with Gasteiger partial charge in [0.15, 0.2) is 10.2 Å². The average molecular weight is 470 g/mol. The van der Waals surface area contributed by atoms with Gasteiger partial charge in [-0.1, -0.05) is 53.8 Å². The van der Waals surface area contributed by atoms with Crippen molar-refractivity contribution >= 4 is 59.7 Å². The fourth-order valence-corrected chi connectivity index (χ4v) is 4.68. The summed E-state index contributed by atoms with van der Waals surface area (Å²) in [4.78, 5) is 6.83. The first kappa shape index (κ1) is 21.2. The normalized spacial score (nSPS) is 11.2. The number of para-hydroxylation sites is 1. The van der Waals surface area contributed by atoms with Crippen molar-refractivity contribution in [3.05, 3.63) is 84.4 Å². The molecule has 0 aliphatic carbocycles. The van der Waals surface area contributed by atoms with Crippen LogP contribution in [-0.2, 0) is 16.6 Å². The Hall–Kier alpha value is -3.05. The zero-order valence-electron chi connectivity index (χ0n) is 16.2. The van der Waals surface area contributed by atoms with Crippen molar-refractivity contribution in [3.63, 3.8) is 0 Å². The Morgan fingerprint density at radius 2 is 1.65 bits per heavy atom. The molecule has 0 amide bonds. The lowest BCUT2D eigenvalue weighted by Gasteiger charge is -2.11. The van der Waals surface area contributed by atoms with E-state index in [1.54, 1.807) is 12.1 Å². The maximum atomic E-state index is 12.6. The van der Waals surface area contributed by atoms with Crippen LogP contribution in [0.3, 0.4) is 0 Å². The summed E-state index contributed by atoms with van der Waals surface area (Å²) >= 11 is 6.66. The molecular weight excluding hydrogens is 450 g/mol. The van der Waals surface area contributed by atoms with Crippen LogP contribution < -0.4 is 20.9 Å². The number of thiocarbonyl (C=S) groups is 1. The molecule has 0 aliphatic rings. The molecule has 4 rings (SSSR count). The summed E-state index contributed by atoms with van der Waals surface area (Å²) < 4.78 is 26.1. The summed E-state index contributed by atoms with van der Waals surface area (Å²) in [5.74, 6) is 0. The van der Waals surface area contributed by atoms with Gasteiger partial charge in [0.05, 0.1) is 15.1 Å². The van der Waals surface area contributed by atoms with Crippen molar-refractivity contribution in [1.82, 2.24) is 15.1 Å². The number of sulfonamides is 1. The first-order valence-electron chi connectivity index (χ1n) is 9.32. The number of hydrogen-bond acceptors (Lipinski definition) is 6. The van der Waals surface area contributed by atoms with Gasteiger partial charge in [-0.15, -0.1) is 4.83 Å². The summed E-state index contributed by atoms with van der Waals surface area (Å²) in [7, 11) is -3.76. The Morgan fingerprint density at radius 1 is 0.935 bits per heavy atom. The highest BCUT2D eigenvalue weighted by Crippen LogP contribution is 2.25. The molecule has 4 N–H and O–H groups in total. The van der Waals surface area contributed by atoms with E-state index < -0.39 is 10.0 Å². The number of nitrogens with zero attached hydrogens (tertiary/aromatic N) is 1. The molecule has 0 saturated carbocycles. The topological polar surface area (TPSA) is 95.2 Å². The van der Waals surface area contributed by atoms with Crippen LogP contribution in [0, 0.1) is 0 Å². The third-order valence-electron chi connectivity index (χ3n) is 4.30. The van der Waals surface area contributed by atoms with Gasteiger partial charge >= 0.3 is 0 Å². The molecule has 0 unspecified atom stereocenters. The molecule has 158 valence electrons. The number of benzene rings is 3. The van der Waals surface area contributed by atoms with E-state index in [2.05, 4.69) is 25.9 Å². The number of rotatable bonds is 7. The average Bonchev–Trinajstić information content (AvgIpc) is 3.21. The minimum atomic E-state index is -3.76. The second-order valence-corrected chi connectivity index (χ2v) is 9.66. The van der Waals surface area contributed by atoms with E-state index in [4.69, 9.17) is 12.2 Å². The van der Waals surface area contributed by atoms with Crippen molar-refractivity contribution in [3.8, 4) is 0 Å². The number of hydrogen-bond donors (Lipinski definition) is 4. The Labute approximate surface area is 189 Å². The lowest BCUT2D eigenvalue weighted by Crippen LogP contribution is -2.29. The molecule has 4 aromatic rings. The monoisotopic (exact) mass is 469 g/mol. The third kappa shape index (κ3) is 5.56. The van der Waals surface area contributed by atoms with E-state index in [1.165, 1.54) is 23.5 Å². The molecule has 1 aromatic heterocycles. The lowest BCUT2D eigenvalue weighted by molar-refractivity contribution is 0.587. The van der Waals surface area contributed by atoms with Gasteiger partial charge in [0, 0.05) is 12.2 Å². The zero-order valence-corrected chi connectivity index (χ0v) is 18.7. The van der Waals surface area contributed by atoms with Crippen LogP contribution in [0.4, 0.5) is 10.8 Å². The number of thiazole rings is 1. The molecule has 0 spiro atoms. The fourth-order valence-electron chi connectivity index (χ4n) is 2.77. The van der Waals surface area contributed by atoms with Crippen molar-refractivity contribution in [2.75, 3.05) is 10.7 Å². The van der Waals surface area contributed by atoms with Crippen molar-refractivity contribution < 1.29 is 8.42 Å². The number of nitrogens with one attached hydrogen (secondary N) is 4. The summed E-state index contributed by atoms with van der Waals surface area (Å²) in [6, 6.07) is 23.8. The predicted octanol–water partition coefficient (Wildman–Crippen LogP) is 4.09. The van der Waals surface area contributed by atoms with Gasteiger partial charge in [-0.05, 0) is 54.2 Å². The summed E-state index contributed by atoms with van der Waals surface area (Å²) in [5.41, 5.74) is 5.28. The summed E-state index contributed by atoms with van der Waals surface area (Å²) in [6.07, 6.45) is 0. The Bertz CT molecular complexity index is 1260. The molecule has 0 aliphatic heterocycles. The Kier molecular flexibility index (Phi) is 6.42. The second kappa shape index (κ2) is 9.40. The van der Waals surface area contributed by atoms with Crippen LogP contribution in [0.1, 0.15) is 5.56 Å². The highest BCUT2D eigenvalue weighted by atomic mass is 32.2. The van der Waals surface area contributed by atoms with Gasteiger partial charge in [-0.3, -0.25) is 5.43 Å². The largest absolute Gasteiger partial charge is 0.358 e. The van der Waals surface area contributed by atoms with Crippen molar-refractivity contribution in [2.24, 2.45) is 0 Å². The van der Waals surface area contributed by atoms with Crippen molar-refractivity contribution in [2.45, 2.75) is 11.4 Å². The number of fused-ring (bicyclic) bond motifs is 1. The van der Waals surface area contributed by atoms with Gasteiger partial charge in [0.2, 0.25) is 0 Å². The maximum Gasteiger partial charge on any atom is 0.257 e. The highest BCUT2D eigenvalue weighted by Gasteiger charge is 2.14. The van der Waals surface area contributed by atoms with Gasteiger partial charge in [-0.2, -0.15) is 0 Å². The van der Waals surface area contributed by atoms with Crippen LogP contribution >= 0.6 is 23.6 Å². The van der Waals surface area contributed by atoms with Gasteiger partial charge in [-0.25, -0.2) is 13.4 Å². The van der Waals surface area contributed by atoms with Crippen LogP contribution in [-0.4, -0.2) is 18.5 Å². The molecule has 3 aromatic carbocycles. The summed E-state index contributed by atoms with van der Waals surface area (Å²) in [6.45, 7) is 0.598. The number of anilines is 2. The van der Waals surface area contributed by atoms with E-state index in [9.17, 15) is 8.42 Å². The highest BCUT2D eigenvalue weighted by molar-refractivity contribution is 7.89. The third-order valence-corrected chi connectivity index (χ3v) is 6.77. The molecule has 0 fully saturated rings. The SMILES string of the molecule is O=S(=O)(NNc1nc2ccccc2s1)c1ccc(NC(=S)NCc2ccccc2)cc1. The number of hydrazine groups is 1. The first-order chi connectivity index (χ1) is 15.0. The van der Waals surface area contributed by atoms with E-state index in [-0.39, 0.29) is 4.90 Å². The fraction of sp³-hybridized carbons (Fsp3) is 0.0476. The molecule has 31 heavy (non-hydrogen) atoms. The second-order valence-electron chi connectivity index (χ2n) is 6.53. The molecule has 1 heterocycles. The van der Waals surface area contributed by atoms with Crippen molar-refractivity contribution in [1.29, 1.82) is 0 Å². The zero-order chi connectivity index (χ0) is 21.7. The standard InChI is InChI=1S/C21H19N5O2S3/c27-31(28,26-25-21-24-18-8-4-5-9-19(18)30-21)17-12-10-16(11-13-17)23-20(29)22-14-15-6-2-1-3-7-15/h1-13,26H,14H2,(H,24,25)(H2,22,23,29). The summed E-state index contributed by atoms with van der Waals surface area (Å²) in [5, 5.41) is 7.08. The van der Waals surface area contributed by atoms with E-state index >= 15 is 0 Å². The lowest BCUT2D eigenvalue weighted by atomic mass is 10.2. The minimum absolute atomic E-state index is 0.120. The van der Waals surface area contributed by atoms with Crippen LogP contribution in [0.2, 0.25) is 0 Å². The van der Waals surface area contributed by atoms with Crippen LogP contribution in [0.25, 0.3) is 10.2 Å². The molecule has 0 bridgehead atoms. The van der Waals surface area contributed by atoms with E-state index in [1.807, 2.05) is 54.6 Å².